The van der Waals surface area contributed by atoms with Crippen LogP contribution < -0.4 is 11.1 Å². The number of halogens is 2. The summed E-state index contributed by atoms with van der Waals surface area (Å²) < 4.78 is 13.7. The normalized spacial score (nSPS) is 10.3. The first-order chi connectivity index (χ1) is 9.38. The quantitative estimate of drug-likeness (QED) is 0.752. The number of benzene rings is 2. The van der Waals surface area contributed by atoms with E-state index in [1.165, 1.54) is 24.3 Å². The lowest BCUT2D eigenvalue weighted by Crippen LogP contribution is -2.06. The highest BCUT2D eigenvalue weighted by Crippen LogP contribution is 2.27. The van der Waals surface area contributed by atoms with Crippen LogP contribution >= 0.6 is 11.6 Å². The lowest BCUT2D eigenvalue weighted by molar-refractivity contribution is 0.0698. The van der Waals surface area contributed by atoms with E-state index in [9.17, 15) is 9.18 Å². The largest absolute Gasteiger partial charge is 0.478 e. The number of aromatic carboxylic acids is 1. The predicted molar refractivity (Wildman–Crippen MR) is 77.2 cm³/mol. The highest BCUT2D eigenvalue weighted by atomic mass is 35.5. The predicted octanol–water partition coefficient (Wildman–Crippen LogP) is 3.81. The average Bonchev–Trinajstić information content (AvgIpc) is 2.36. The zero-order valence-corrected chi connectivity index (χ0v) is 11.3. The van der Waals surface area contributed by atoms with Gasteiger partial charge in [0.15, 0.2) is 0 Å². The molecule has 0 heterocycles. The Hall–Kier alpha value is -2.27. The molecule has 2 rings (SSSR count). The Balaban J connectivity index is 2.41. The van der Waals surface area contributed by atoms with Crippen molar-refractivity contribution in [1.82, 2.24) is 0 Å². The van der Waals surface area contributed by atoms with Gasteiger partial charge < -0.3 is 16.2 Å². The van der Waals surface area contributed by atoms with Crippen LogP contribution in [0.5, 0.6) is 0 Å². The monoisotopic (exact) mass is 294 g/mol. The maximum atomic E-state index is 13.7. The first kappa shape index (κ1) is 14.1. The second-order valence-corrected chi connectivity index (χ2v) is 4.75. The van der Waals surface area contributed by atoms with Crippen LogP contribution in [0.2, 0.25) is 5.02 Å². The average molecular weight is 295 g/mol. The highest BCUT2D eigenvalue weighted by Gasteiger charge is 2.12. The second-order valence-electron chi connectivity index (χ2n) is 4.31. The molecule has 20 heavy (non-hydrogen) atoms. The molecule has 0 fully saturated rings. The molecule has 0 aliphatic rings. The second kappa shape index (κ2) is 5.38. The summed E-state index contributed by atoms with van der Waals surface area (Å²) in [6.07, 6.45) is 0. The van der Waals surface area contributed by atoms with E-state index in [1.54, 1.807) is 13.0 Å². The SMILES string of the molecule is Cc1cc(Nc2ccc(Cl)cc2F)cc(C(=O)O)c1N. The van der Waals surface area contributed by atoms with Crippen molar-refractivity contribution in [3.8, 4) is 0 Å². The van der Waals surface area contributed by atoms with E-state index in [1.807, 2.05) is 0 Å². The molecule has 104 valence electrons. The van der Waals surface area contributed by atoms with Crippen LogP contribution in [-0.2, 0) is 0 Å². The molecule has 0 saturated carbocycles. The van der Waals surface area contributed by atoms with Crippen molar-refractivity contribution in [2.24, 2.45) is 0 Å². The number of nitrogens with one attached hydrogen (secondary N) is 1. The zero-order valence-electron chi connectivity index (χ0n) is 10.6. The van der Waals surface area contributed by atoms with Gasteiger partial charge in [-0.05, 0) is 42.8 Å². The molecule has 0 aliphatic carbocycles. The first-order valence-electron chi connectivity index (χ1n) is 5.74. The van der Waals surface area contributed by atoms with Crippen LogP contribution in [0, 0.1) is 12.7 Å². The van der Waals surface area contributed by atoms with Crippen molar-refractivity contribution in [2.75, 3.05) is 11.1 Å². The Morgan fingerprint density at radius 1 is 1.35 bits per heavy atom. The van der Waals surface area contributed by atoms with Gasteiger partial charge in [-0.15, -0.1) is 0 Å². The van der Waals surface area contributed by atoms with Crippen LogP contribution in [0.4, 0.5) is 21.5 Å². The summed E-state index contributed by atoms with van der Waals surface area (Å²) in [6, 6.07) is 7.19. The number of hydrogen-bond donors (Lipinski definition) is 3. The van der Waals surface area contributed by atoms with Crippen LogP contribution in [-0.4, -0.2) is 11.1 Å². The molecule has 4 N–H and O–H groups in total. The molecule has 0 bridgehead atoms. The number of carbonyl (C=O) groups is 1. The van der Waals surface area contributed by atoms with E-state index in [0.29, 0.717) is 11.3 Å². The minimum Gasteiger partial charge on any atom is -0.478 e. The summed E-state index contributed by atoms with van der Waals surface area (Å²) in [5.41, 5.74) is 7.11. The third-order valence-electron chi connectivity index (χ3n) is 2.83. The fourth-order valence-corrected chi connectivity index (χ4v) is 1.95. The van der Waals surface area contributed by atoms with Crippen molar-refractivity contribution in [2.45, 2.75) is 6.92 Å². The molecule has 0 atom stereocenters. The van der Waals surface area contributed by atoms with Gasteiger partial charge in [0.2, 0.25) is 0 Å². The van der Waals surface area contributed by atoms with E-state index < -0.39 is 11.8 Å². The molecule has 0 aromatic heterocycles. The molecule has 0 radical (unpaired) electrons. The Bertz CT molecular complexity index is 689. The minimum atomic E-state index is -1.13. The van der Waals surface area contributed by atoms with Crippen LogP contribution in [0.3, 0.4) is 0 Å². The molecule has 2 aromatic carbocycles. The van der Waals surface area contributed by atoms with Gasteiger partial charge in [-0.1, -0.05) is 11.6 Å². The summed E-state index contributed by atoms with van der Waals surface area (Å²) in [4.78, 5) is 11.1. The van der Waals surface area contributed by atoms with Gasteiger partial charge in [0.25, 0.3) is 0 Å². The molecule has 0 spiro atoms. The summed E-state index contributed by atoms with van der Waals surface area (Å²) >= 11 is 5.67. The van der Waals surface area contributed by atoms with Crippen molar-refractivity contribution < 1.29 is 14.3 Å². The molecular weight excluding hydrogens is 283 g/mol. The molecule has 6 heteroatoms. The molecule has 0 saturated heterocycles. The van der Waals surface area contributed by atoms with Gasteiger partial charge in [-0.2, -0.15) is 0 Å². The Labute approximate surface area is 120 Å². The first-order valence-corrected chi connectivity index (χ1v) is 6.12. The summed E-state index contributed by atoms with van der Waals surface area (Å²) in [5, 5.41) is 12.2. The number of aryl methyl sites for hydroxylation is 1. The van der Waals surface area contributed by atoms with E-state index in [2.05, 4.69) is 5.32 Å². The molecule has 2 aromatic rings. The van der Waals surface area contributed by atoms with E-state index >= 15 is 0 Å². The van der Waals surface area contributed by atoms with Gasteiger partial charge in [-0.3, -0.25) is 0 Å². The van der Waals surface area contributed by atoms with Crippen molar-refractivity contribution >= 4 is 34.6 Å². The van der Waals surface area contributed by atoms with Crippen LogP contribution in [0.1, 0.15) is 15.9 Å². The van der Waals surface area contributed by atoms with E-state index in [0.717, 1.165) is 0 Å². The number of nitrogen functional groups attached to an aromatic ring is 1. The fraction of sp³-hybridized carbons (Fsp3) is 0.0714. The van der Waals surface area contributed by atoms with E-state index in [4.69, 9.17) is 22.4 Å². The van der Waals surface area contributed by atoms with Gasteiger partial charge in [0, 0.05) is 16.4 Å². The standard InChI is InChI=1S/C14H12ClFN2O2/c1-7-4-9(6-10(13(7)17)14(19)20)18-12-3-2-8(15)5-11(12)16/h2-6,18H,17H2,1H3,(H,19,20). The van der Waals surface area contributed by atoms with E-state index in [-0.39, 0.29) is 22.0 Å². The van der Waals surface area contributed by atoms with Crippen molar-refractivity contribution in [1.29, 1.82) is 0 Å². The summed E-state index contributed by atoms with van der Waals surface area (Å²) in [7, 11) is 0. The van der Waals surface area contributed by atoms with Crippen LogP contribution in [0.15, 0.2) is 30.3 Å². The summed E-state index contributed by atoms with van der Waals surface area (Å²) in [6.45, 7) is 1.69. The maximum Gasteiger partial charge on any atom is 0.337 e. The number of nitrogens with two attached hydrogens (primary N) is 1. The Morgan fingerprint density at radius 2 is 2.05 bits per heavy atom. The molecular formula is C14H12ClFN2O2. The van der Waals surface area contributed by atoms with Crippen molar-refractivity contribution in [3.05, 3.63) is 52.3 Å². The number of carboxylic acids is 1. The van der Waals surface area contributed by atoms with Gasteiger partial charge >= 0.3 is 5.97 Å². The number of hydrogen-bond acceptors (Lipinski definition) is 3. The number of anilines is 3. The maximum absolute atomic E-state index is 13.7. The topological polar surface area (TPSA) is 75.3 Å². The van der Waals surface area contributed by atoms with Gasteiger partial charge in [0.05, 0.1) is 11.3 Å². The summed E-state index contributed by atoms with van der Waals surface area (Å²) in [5.74, 6) is -1.66. The third-order valence-corrected chi connectivity index (χ3v) is 3.06. The zero-order chi connectivity index (χ0) is 14.9. The van der Waals surface area contributed by atoms with Crippen LogP contribution in [0.25, 0.3) is 0 Å². The Morgan fingerprint density at radius 3 is 2.65 bits per heavy atom. The smallest absolute Gasteiger partial charge is 0.337 e. The minimum absolute atomic E-state index is 0.0260. The fourth-order valence-electron chi connectivity index (χ4n) is 1.79. The van der Waals surface area contributed by atoms with Gasteiger partial charge in [0.1, 0.15) is 5.82 Å². The number of carboxylic acid groups (broad SMARTS) is 1. The molecule has 0 aliphatic heterocycles. The molecule has 0 unspecified atom stereocenters. The third kappa shape index (κ3) is 2.83. The molecule has 4 nitrogen and oxygen atoms in total. The lowest BCUT2D eigenvalue weighted by Gasteiger charge is -2.12. The lowest BCUT2D eigenvalue weighted by atomic mass is 10.1. The van der Waals surface area contributed by atoms with Gasteiger partial charge in [-0.25, -0.2) is 9.18 Å². The highest BCUT2D eigenvalue weighted by molar-refractivity contribution is 6.30. The number of rotatable bonds is 3. The Kier molecular flexibility index (Phi) is 3.81. The molecule has 0 amide bonds. The van der Waals surface area contributed by atoms with Crippen molar-refractivity contribution in [3.63, 3.8) is 0 Å².